The number of nitrogens with one attached hydrogen (secondary N) is 1. The smallest absolute Gasteiger partial charge is 0.132 e. The van der Waals surface area contributed by atoms with Crippen molar-refractivity contribution in [3.8, 4) is 17.0 Å². The van der Waals surface area contributed by atoms with Crippen LogP contribution in [0, 0.1) is 0 Å². The first-order chi connectivity index (χ1) is 10.3. The van der Waals surface area contributed by atoms with Crippen molar-refractivity contribution in [2.75, 3.05) is 19.0 Å². The van der Waals surface area contributed by atoms with Crippen molar-refractivity contribution in [1.29, 1.82) is 0 Å². The summed E-state index contributed by atoms with van der Waals surface area (Å²) in [6.07, 6.45) is 4.65. The van der Waals surface area contributed by atoms with E-state index in [0.717, 1.165) is 48.7 Å². The van der Waals surface area contributed by atoms with Crippen molar-refractivity contribution in [3.63, 3.8) is 0 Å². The number of aromatic nitrogens is 2. The van der Waals surface area contributed by atoms with Crippen LogP contribution in [0.1, 0.15) is 32.3 Å². The van der Waals surface area contributed by atoms with Crippen molar-refractivity contribution in [2.24, 2.45) is 0 Å². The molecule has 0 aliphatic carbocycles. The van der Waals surface area contributed by atoms with Gasteiger partial charge in [0.15, 0.2) is 0 Å². The quantitative estimate of drug-likeness (QED) is 0.837. The number of hydrogen-bond acceptors (Lipinski definition) is 4. The maximum absolute atomic E-state index is 5.62. The summed E-state index contributed by atoms with van der Waals surface area (Å²) in [6.45, 7) is 5.02. The predicted octanol–water partition coefficient (Wildman–Crippen LogP) is 3.93. The third-order valence-electron chi connectivity index (χ3n) is 3.28. The zero-order valence-electron chi connectivity index (χ0n) is 13.0. The van der Waals surface area contributed by atoms with Gasteiger partial charge in [0.2, 0.25) is 0 Å². The SMILES string of the molecule is CCCOc1ccc(-c2ncnc(NC)c2CCC)cc1. The lowest BCUT2D eigenvalue weighted by Gasteiger charge is -2.12. The molecule has 2 rings (SSSR count). The van der Waals surface area contributed by atoms with Gasteiger partial charge in [-0.3, -0.25) is 0 Å². The van der Waals surface area contributed by atoms with Crippen molar-refractivity contribution in [3.05, 3.63) is 36.2 Å². The molecule has 0 aliphatic heterocycles. The molecule has 0 fully saturated rings. The molecule has 112 valence electrons. The van der Waals surface area contributed by atoms with E-state index in [1.54, 1.807) is 6.33 Å². The fraction of sp³-hybridized carbons (Fsp3) is 0.412. The van der Waals surface area contributed by atoms with Gasteiger partial charge in [0.1, 0.15) is 17.9 Å². The van der Waals surface area contributed by atoms with Crippen molar-refractivity contribution in [1.82, 2.24) is 9.97 Å². The fourth-order valence-electron chi connectivity index (χ4n) is 2.29. The summed E-state index contributed by atoms with van der Waals surface area (Å²) < 4.78 is 5.62. The first-order valence-corrected chi connectivity index (χ1v) is 7.55. The first-order valence-electron chi connectivity index (χ1n) is 7.55. The summed E-state index contributed by atoms with van der Waals surface area (Å²) in [5.74, 6) is 1.81. The average molecular weight is 285 g/mol. The molecule has 4 nitrogen and oxygen atoms in total. The fourth-order valence-corrected chi connectivity index (χ4v) is 2.29. The molecule has 1 heterocycles. The normalized spacial score (nSPS) is 10.4. The second kappa shape index (κ2) is 7.62. The number of ether oxygens (including phenoxy) is 1. The van der Waals surface area contributed by atoms with Crippen molar-refractivity contribution < 1.29 is 4.74 Å². The van der Waals surface area contributed by atoms with E-state index in [0.29, 0.717) is 0 Å². The molecule has 0 aliphatic rings. The molecule has 0 saturated heterocycles. The Labute approximate surface area is 126 Å². The highest BCUT2D eigenvalue weighted by Gasteiger charge is 2.11. The molecule has 2 aromatic rings. The van der Waals surface area contributed by atoms with Gasteiger partial charge >= 0.3 is 0 Å². The van der Waals surface area contributed by atoms with Gasteiger partial charge in [-0.25, -0.2) is 9.97 Å². The Kier molecular flexibility index (Phi) is 5.55. The van der Waals surface area contributed by atoms with Gasteiger partial charge in [0, 0.05) is 18.2 Å². The summed E-state index contributed by atoms with van der Waals surface area (Å²) in [5, 5.41) is 3.15. The zero-order chi connectivity index (χ0) is 15.1. The van der Waals surface area contributed by atoms with Gasteiger partial charge in [-0.05, 0) is 37.1 Å². The van der Waals surface area contributed by atoms with Crippen LogP contribution in [0.15, 0.2) is 30.6 Å². The third-order valence-corrected chi connectivity index (χ3v) is 3.28. The molecule has 4 heteroatoms. The van der Waals surface area contributed by atoms with E-state index in [2.05, 4.69) is 41.3 Å². The molecule has 1 aromatic heterocycles. The standard InChI is InChI=1S/C17H23N3O/c1-4-6-15-16(19-12-20-17(15)18-3)13-7-9-14(10-8-13)21-11-5-2/h7-10,12H,4-6,11H2,1-3H3,(H,18,19,20). The summed E-state index contributed by atoms with van der Waals surface area (Å²) in [7, 11) is 1.90. The molecule has 1 N–H and O–H groups in total. The maximum atomic E-state index is 5.62. The van der Waals surface area contributed by atoms with Crippen LogP contribution in [-0.4, -0.2) is 23.6 Å². The molecule has 0 spiro atoms. The molecular weight excluding hydrogens is 262 g/mol. The second-order valence-electron chi connectivity index (χ2n) is 4.92. The minimum absolute atomic E-state index is 0.748. The largest absolute Gasteiger partial charge is 0.494 e. The van der Waals surface area contributed by atoms with Crippen LogP contribution in [0.5, 0.6) is 5.75 Å². The van der Waals surface area contributed by atoms with E-state index < -0.39 is 0 Å². The monoisotopic (exact) mass is 285 g/mol. The van der Waals surface area contributed by atoms with E-state index >= 15 is 0 Å². The van der Waals surface area contributed by atoms with Gasteiger partial charge in [-0.1, -0.05) is 20.3 Å². The number of benzene rings is 1. The Morgan fingerprint density at radius 3 is 2.43 bits per heavy atom. The minimum Gasteiger partial charge on any atom is -0.494 e. The third kappa shape index (κ3) is 3.72. The number of rotatable bonds is 7. The summed E-state index contributed by atoms with van der Waals surface area (Å²) in [6, 6.07) is 8.13. The molecule has 0 saturated carbocycles. The summed E-state index contributed by atoms with van der Waals surface area (Å²) in [4.78, 5) is 8.79. The van der Waals surface area contributed by atoms with Crippen LogP contribution in [0.4, 0.5) is 5.82 Å². The molecule has 0 bridgehead atoms. The minimum atomic E-state index is 0.748. The summed E-state index contributed by atoms with van der Waals surface area (Å²) >= 11 is 0. The Bertz CT molecular complexity index is 567. The molecule has 0 radical (unpaired) electrons. The maximum Gasteiger partial charge on any atom is 0.132 e. The van der Waals surface area contributed by atoms with E-state index in [1.165, 1.54) is 5.56 Å². The summed E-state index contributed by atoms with van der Waals surface area (Å²) in [5.41, 5.74) is 3.27. The topological polar surface area (TPSA) is 47.0 Å². The average Bonchev–Trinajstić information content (AvgIpc) is 2.54. The van der Waals surface area contributed by atoms with Crippen LogP contribution < -0.4 is 10.1 Å². The highest BCUT2D eigenvalue weighted by Crippen LogP contribution is 2.28. The molecule has 0 unspecified atom stereocenters. The zero-order valence-corrected chi connectivity index (χ0v) is 13.0. The number of nitrogens with zero attached hydrogens (tertiary/aromatic N) is 2. The Hall–Kier alpha value is -2.10. The highest BCUT2D eigenvalue weighted by molar-refractivity contribution is 5.68. The first kappa shape index (κ1) is 15.3. The van der Waals surface area contributed by atoms with Gasteiger partial charge in [0.05, 0.1) is 12.3 Å². The van der Waals surface area contributed by atoms with Crippen LogP contribution in [0.2, 0.25) is 0 Å². The molecule has 0 amide bonds. The van der Waals surface area contributed by atoms with Gasteiger partial charge in [0.25, 0.3) is 0 Å². The Balaban J connectivity index is 2.32. The Morgan fingerprint density at radius 1 is 1.05 bits per heavy atom. The van der Waals surface area contributed by atoms with Gasteiger partial charge in [-0.2, -0.15) is 0 Å². The van der Waals surface area contributed by atoms with Crippen LogP contribution in [0.25, 0.3) is 11.3 Å². The van der Waals surface area contributed by atoms with E-state index in [1.807, 2.05) is 19.2 Å². The van der Waals surface area contributed by atoms with Crippen LogP contribution in [0.3, 0.4) is 0 Å². The molecular formula is C17H23N3O. The lowest BCUT2D eigenvalue weighted by Crippen LogP contribution is -2.03. The van der Waals surface area contributed by atoms with Gasteiger partial charge in [-0.15, -0.1) is 0 Å². The van der Waals surface area contributed by atoms with E-state index in [-0.39, 0.29) is 0 Å². The van der Waals surface area contributed by atoms with E-state index in [4.69, 9.17) is 4.74 Å². The lowest BCUT2D eigenvalue weighted by atomic mass is 10.0. The molecule has 0 atom stereocenters. The van der Waals surface area contributed by atoms with Gasteiger partial charge < -0.3 is 10.1 Å². The number of hydrogen-bond donors (Lipinski definition) is 1. The van der Waals surface area contributed by atoms with Crippen molar-refractivity contribution >= 4 is 5.82 Å². The second-order valence-corrected chi connectivity index (χ2v) is 4.92. The molecule has 21 heavy (non-hydrogen) atoms. The van der Waals surface area contributed by atoms with E-state index in [9.17, 15) is 0 Å². The molecule has 1 aromatic carbocycles. The number of anilines is 1. The Morgan fingerprint density at radius 2 is 1.81 bits per heavy atom. The predicted molar refractivity (Wildman–Crippen MR) is 86.8 cm³/mol. The lowest BCUT2D eigenvalue weighted by molar-refractivity contribution is 0.317. The highest BCUT2D eigenvalue weighted by atomic mass is 16.5. The van der Waals surface area contributed by atoms with Crippen molar-refractivity contribution in [2.45, 2.75) is 33.1 Å². The van der Waals surface area contributed by atoms with Crippen LogP contribution in [-0.2, 0) is 6.42 Å². The van der Waals surface area contributed by atoms with Crippen LogP contribution >= 0.6 is 0 Å².